The second-order valence-corrected chi connectivity index (χ2v) is 5.59. The molecule has 1 fully saturated rings. The standard InChI is InChI=1S/C16H24N2O/c1-12(10-13-6-5-7-13)18-15-9-4-3-8-14(15)11-16(19)17-2/h3-4,8-9,12-13,18H,5-7,10-11H2,1-2H3,(H,17,19). The van der Waals surface area contributed by atoms with Crippen molar-refractivity contribution in [2.45, 2.75) is 45.1 Å². The summed E-state index contributed by atoms with van der Waals surface area (Å²) < 4.78 is 0. The summed E-state index contributed by atoms with van der Waals surface area (Å²) in [6.45, 7) is 2.23. The number of likely N-dealkylation sites (N-methyl/N-ethyl adjacent to an activating group) is 1. The monoisotopic (exact) mass is 260 g/mol. The molecule has 1 unspecified atom stereocenters. The first kappa shape index (κ1) is 13.9. The molecule has 1 aromatic rings. The van der Waals surface area contributed by atoms with Crippen LogP contribution < -0.4 is 10.6 Å². The second-order valence-electron chi connectivity index (χ2n) is 5.59. The first-order chi connectivity index (χ1) is 9.19. The highest BCUT2D eigenvalue weighted by molar-refractivity contribution is 5.80. The van der Waals surface area contributed by atoms with E-state index in [2.05, 4.69) is 23.6 Å². The number of carbonyl (C=O) groups excluding carboxylic acids is 1. The Morgan fingerprint density at radius 3 is 2.74 bits per heavy atom. The van der Waals surface area contributed by atoms with Gasteiger partial charge in [-0.1, -0.05) is 37.5 Å². The fraction of sp³-hybridized carbons (Fsp3) is 0.562. The maximum atomic E-state index is 11.5. The second kappa shape index (κ2) is 6.60. The lowest BCUT2D eigenvalue weighted by Crippen LogP contribution is -2.25. The van der Waals surface area contributed by atoms with Gasteiger partial charge in [0.05, 0.1) is 6.42 Å². The van der Waals surface area contributed by atoms with Crippen LogP contribution in [0.3, 0.4) is 0 Å². The Bertz CT molecular complexity index is 427. The Kier molecular flexibility index (Phi) is 4.83. The molecular formula is C16H24N2O. The van der Waals surface area contributed by atoms with Crippen molar-refractivity contribution in [3.05, 3.63) is 29.8 Å². The number of hydrogen-bond donors (Lipinski definition) is 2. The molecular weight excluding hydrogens is 236 g/mol. The average molecular weight is 260 g/mol. The quantitative estimate of drug-likeness (QED) is 0.825. The number of para-hydroxylation sites is 1. The number of nitrogens with one attached hydrogen (secondary N) is 2. The van der Waals surface area contributed by atoms with Crippen LogP contribution in [0.25, 0.3) is 0 Å². The topological polar surface area (TPSA) is 41.1 Å². The minimum absolute atomic E-state index is 0.0564. The summed E-state index contributed by atoms with van der Waals surface area (Å²) in [5.41, 5.74) is 2.17. The predicted octanol–water partition coefficient (Wildman–Crippen LogP) is 2.97. The van der Waals surface area contributed by atoms with E-state index in [4.69, 9.17) is 0 Å². The summed E-state index contributed by atoms with van der Waals surface area (Å²) in [5, 5.41) is 6.24. The van der Waals surface area contributed by atoms with E-state index >= 15 is 0 Å². The van der Waals surface area contributed by atoms with Gasteiger partial charge in [-0.3, -0.25) is 4.79 Å². The molecule has 2 N–H and O–H groups in total. The molecule has 0 radical (unpaired) electrons. The molecule has 3 nitrogen and oxygen atoms in total. The van der Waals surface area contributed by atoms with Gasteiger partial charge >= 0.3 is 0 Å². The van der Waals surface area contributed by atoms with Crippen LogP contribution in [0.1, 0.15) is 38.2 Å². The van der Waals surface area contributed by atoms with Gasteiger partial charge < -0.3 is 10.6 Å². The average Bonchev–Trinajstić information content (AvgIpc) is 2.36. The fourth-order valence-electron chi connectivity index (χ4n) is 2.63. The SMILES string of the molecule is CNC(=O)Cc1ccccc1NC(C)CC1CCC1. The van der Waals surface area contributed by atoms with Crippen molar-refractivity contribution < 1.29 is 4.79 Å². The summed E-state index contributed by atoms with van der Waals surface area (Å²) in [4.78, 5) is 11.5. The molecule has 3 heteroatoms. The van der Waals surface area contributed by atoms with E-state index in [1.807, 2.05) is 18.2 Å². The minimum atomic E-state index is 0.0564. The van der Waals surface area contributed by atoms with Crippen LogP contribution in [0, 0.1) is 5.92 Å². The van der Waals surface area contributed by atoms with Crippen LogP contribution in [-0.2, 0) is 11.2 Å². The molecule has 0 spiro atoms. The Balaban J connectivity index is 1.95. The van der Waals surface area contributed by atoms with E-state index < -0.39 is 0 Å². The summed E-state index contributed by atoms with van der Waals surface area (Å²) in [6, 6.07) is 8.56. The minimum Gasteiger partial charge on any atom is -0.382 e. The third-order valence-corrected chi connectivity index (χ3v) is 3.96. The highest BCUT2D eigenvalue weighted by Crippen LogP contribution is 2.31. The van der Waals surface area contributed by atoms with Crippen molar-refractivity contribution in [1.29, 1.82) is 0 Å². The third kappa shape index (κ3) is 3.98. The molecule has 0 aliphatic heterocycles. The molecule has 0 bridgehead atoms. The number of hydrogen-bond acceptors (Lipinski definition) is 2. The van der Waals surface area contributed by atoms with Crippen LogP contribution in [0.4, 0.5) is 5.69 Å². The Labute approximate surface area is 115 Å². The third-order valence-electron chi connectivity index (χ3n) is 3.96. The summed E-state index contributed by atoms with van der Waals surface area (Å²) in [5.74, 6) is 0.953. The van der Waals surface area contributed by atoms with Crippen molar-refractivity contribution in [2.75, 3.05) is 12.4 Å². The van der Waals surface area contributed by atoms with Crippen molar-refractivity contribution in [2.24, 2.45) is 5.92 Å². The van der Waals surface area contributed by atoms with Gasteiger partial charge in [-0.15, -0.1) is 0 Å². The smallest absolute Gasteiger partial charge is 0.224 e. The number of amides is 1. The van der Waals surface area contributed by atoms with Crippen molar-refractivity contribution in [1.82, 2.24) is 5.32 Å². The molecule has 0 heterocycles. The zero-order chi connectivity index (χ0) is 13.7. The molecule has 19 heavy (non-hydrogen) atoms. The largest absolute Gasteiger partial charge is 0.382 e. The van der Waals surface area contributed by atoms with Gasteiger partial charge in [0.2, 0.25) is 5.91 Å². The summed E-state index contributed by atoms with van der Waals surface area (Å²) in [7, 11) is 1.68. The van der Waals surface area contributed by atoms with E-state index in [0.29, 0.717) is 12.5 Å². The first-order valence-corrected chi connectivity index (χ1v) is 7.24. The molecule has 1 saturated carbocycles. The normalized spacial score (nSPS) is 16.5. The Morgan fingerprint density at radius 2 is 2.11 bits per heavy atom. The van der Waals surface area contributed by atoms with Gasteiger partial charge in [-0.05, 0) is 30.9 Å². The molecule has 104 valence electrons. The highest BCUT2D eigenvalue weighted by Gasteiger charge is 2.20. The van der Waals surface area contributed by atoms with Crippen molar-refractivity contribution >= 4 is 11.6 Å². The molecule has 1 aliphatic rings. The van der Waals surface area contributed by atoms with Crippen LogP contribution >= 0.6 is 0 Å². The highest BCUT2D eigenvalue weighted by atomic mass is 16.1. The van der Waals surface area contributed by atoms with E-state index in [1.165, 1.54) is 25.7 Å². The van der Waals surface area contributed by atoms with Gasteiger partial charge in [0.15, 0.2) is 0 Å². The number of carbonyl (C=O) groups is 1. The first-order valence-electron chi connectivity index (χ1n) is 7.24. The van der Waals surface area contributed by atoms with E-state index in [-0.39, 0.29) is 5.91 Å². The van der Waals surface area contributed by atoms with Gasteiger partial charge in [0, 0.05) is 18.8 Å². The van der Waals surface area contributed by atoms with Crippen LogP contribution in [0.2, 0.25) is 0 Å². The number of anilines is 1. The van der Waals surface area contributed by atoms with E-state index in [0.717, 1.165) is 17.2 Å². The molecule has 1 amide bonds. The summed E-state index contributed by atoms with van der Waals surface area (Å²) >= 11 is 0. The lowest BCUT2D eigenvalue weighted by atomic mass is 9.81. The van der Waals surface area contributed by atoms with Crippen LogP contribution in [-0.4, -0.2) is 19.0 Å². The van der Waals surface area contributed by atoms with Crippen LogP contribution in [0.15, 0.2) is 24.3 Å². The maximum absolute atomic E-state index is 11.5. The molecule has 0 aromatic heterocycles. The zero-order valence-corrected chi connectivity index (χ0v) is 11.9. The lowest BCUT2D eigenvalue weighted by Gasteiger charge is -2.29. The molecule has 0 saturated heterocycles. The number of rotatable bonds is 6. The maximum Gasteiger partial charge on any atom is 0.224 e. The lowest BCUT2D eigenvalue weighted by molar-refractivity contribution is -0.119. The molecule has 2 rings (SSSR count). The van der Waals surface area contributed by atoms with E-state index in [9.17, 15) is 4.79 Å². The zero-order valence-electron chi connectivity index (χ0n) is 11.9. The summed E-state index contributed by atoms with van der Waals surface area (Å²) in [6.07, 6.45) is 5.83. The van der Waals surface area contributed by atoms with Gasteiger partial charge in [0.1, 0.15) is 0 Å². The number of benzene rings is 1. The van der Waals surface area contributed by atoms with Gasteiger partial charge in [-0.25, -0.2) is 0 Å². The van der Waals surface area contributed by atoms with Gasteiger partial charge in [0.25, 0.3) is 0 Å². The molecule has 1 aromatic carbocycles. The molecule has 1 aliphatic carbocycles. The van der Waals surface area contributed by atoms with Gasteiger partial charge in [-0.2, -0.15) is 0 Å². The van der Waals surface area contributed by atoms with E-state index in [1.54, 1.807) is 7.05 Å². The fourth-order valence-corrected chi connectivity index (χ4v) is 2.63. The van der Waals surface area contributed by atoms with Crippen molar-refractivity contribution in [3.63, 3.8) is 0 Å². The van der Waals surface area contributed by atoms with Crippen LogP contribution in [0.5, 0.6) is 0 Å². The Hall–Kier alpha value is -1.51. The Morgan fingerprint density at radius 1 is 1.37 bits per heavy atom. The van der Waals surface area contributed by atoms with Crippen molar-refractivity contribution in [3.8, 4) is 0 Å². The molecule has 1 atom stereocenters. The predicted molar refractivity (Wildman–Crippen MR) is 79.3 cm³/mol.